The van der Waals surface area contributed by atoms with E-state index in [1.165, 1.54) is 12.1 Å². The molecule has 1 rings (SSSR count). The molecule has 86 valence electrons. The minimum Gasteiger partial charge on any atom is -0.347 e. The Kier molecular flexibility index (Phi) is 4.78. The summed E-state index contributed by atoms with van der Waals surface area (Å²) in [6, 6.07) is 5.90. The van der Waals surface area contributed by atoms with Crippen LogP contribution in [-0.2, 0) is 0 Å². The van der Waals surface area contributed by atoms with Crippen molar-refractivity contribution < 1.29 is 9.72 Å². The topological polar surface area (TPSA) is 72.2 Å². The fourth-order valence-corrected chi connectivity index (χ4v) is 1.67. The Morgan fingerprint density at radius 1 is 1.44 bits per heavy atom. The lowest BCUT2D eigenvalue weighted by atomic mass is 10.3. The summed E-state index contributed by atoms with van der Waals surface area (Å²) in [6.07, 6.45) is 0.882. The molecule has 0 aliphatic carbocycles. The molecule has 0 spiro atoms. The summed E-state index contributed by atoms with van der Waals surface area (Å²) in [5, 5.41) is 13.0. The first-order valence-electron chi connectivity index (χ1n) is 4.83. The number of carbonyl (C=O) groups is 1. The summed E-state index contributed by atoms with van der Waals surface area (Å²) in [5.74, 6) is 0. The quantitative estimate of drug-likeness (QED) is 0.499. The molecule has 0 saturated carbocycles. The molecule has 1 N–H and O–H groups in total. The second kappa shape index (κ2) is 6.12. The van der Waals surface area contributed by atoms with E-state index < -0.39 is 4.92 Å². The Bertz CT molecular complexity index is 378. The van der Waals surface area contributed by atoms with Gasteiger partial charge in [0, 0.05) is 23.6 Å². The molecule has 0 aliphatic heterocycles. The molecule has 1 amide bonds. The lowest BCUT2D eigenvalue weighted by Crippen LogP contribution is -2.18. The third-order valence-corrected chi connectivity index (χ3v) is 2.62. The Balaban J connectivity index is 2.55. The van der Waals surface area contributed by atoms with E-state index in [2.05, 4.69) is 5.32 Å². The van der Waals surface area contributed by atoms with Crippen LogP contribution in [0.4, 0.5) is 10.5 Å². The Hall–Kier alpha value is -1.56. The predicted octanol–water partition coefficient (Wildman–Crippen LogP) is 2.81. The number of thioether (sulfide) groups is 1. The minimum atomic E-state index is -0.467. The van der Waals surface area contributed by atoms with Gasteiger partial charge in [-0.05, 0) is 30.3 Å². The van der Waals surface area contributed by atoms with Gasteiger partial charge in [-0.1, -0.05) is 6.92 Å². The number of nitrogens with zero attached hydrogens (tertiary/aromatic N) is 1. The van der Waals surface area contributed by atoms with E-state index in [0.717, 1.165) is 18.2 Å². The maximum atomic E-state index is 11.3. The predicted molar refractivity (Wildman–Crippen MR) is 62.6 cm³/mol. The average Bonchev–Trinajstić information content (AvgIpc) is 2.27. The van der Waals surface area contributed by atoms with Crippen molar-refractivity contribution in [1.82, 2.24) is 5.32 Å². The van der Waals surface area contributed by atoms with E-state index >= 15 is 0 Å². The number of hydrogen-bond acceptors (Lipinski definition) is 4. The van der Waals surface area contributed by atoms with Crippen LogP contribution < -0.4 is 5.32 Å². The van der Waals surface area contributed by atoms with Crippen molar-refractivity contribution in [2.24, 2.45) is 0 Å². The van der Waals surface area contributed by atoms with E-state index in [-0.39, 0.29) is 10.9 Å². The van der Waals surface area contributed by atoms with Gasteiger partial charge in [0.2, 0.25) is 0 Å². The lowest BCUT2D eigenvalue weighted by Gasteiger charge is -2.02. The number of benzene rings is 1. The van der Waals surface area contributed by atoms with Gasteiger partial charge in [-0.25, -0.2) is 0 Å². The average molecular weight is 240 g/mol. The van der Waals surface area contributed by atoms with Crippen molar-refractivity contribution in [2.75, 3.05) is 6.54 Å². The number of hydrogen-bond donors (Lipinski definition) is 1. The van der Waals surface area contributed by atoms with Crippen molar-refractivity contribution in [3.05, 3.63) is 34.4 Å². The molecular formula is C10H12N2O3S. The molecule has 0 fully saturated rings. The van der Waals surface area contributed by atoms with Crippen molar-refractivity contribution in [3.8, 4) is 0 Å². The number of non-ortho nitro benzene ring substituents is 1. The van der Waals surface area contributed by atoms with Crippen LogP contribution in [0.25, 0.3) is 0 Å². The second-order valence-electron chi connectivity index (χ2n) is 3.07. The SMILES string of the molecule is CCCNC(=O)Sc1ccc([N+](=O)[O-])cc1. The molecule has 0 bridgehead atoms. The van der Waals surface area contributed by atoms with Crippen molar-refractivity contribution in [1.29, 1.82) is 0 Å². The van der Waals surface area contributed by atoms with Crippen LogP contribution in [0, 0.1) is 10.1 Å². The molecule has 1 aromatic rings. The van der Waals surface area contributed by atoms with E-state index in [4.69, 9.17) is 0 Å². The molecule has 0 radical (unpaired) electrons. The van der Waals surface area contributed by atoms with Gasteiger partial charge in [0.25, 0.3) is 10.9 Å². The van der Waals surface area contributed by atoms with E-state index in [9.17, 15) is 14.9 Å². The molecule has 0 aromatic heterocycles. The second-order valence-corrected chi connectivity index (χ2v) is 4.11. The number of nitrogens with one attached hydrogen (secondary N) is 1. The fraction of sp³-hybridized carbons (Fsp3) is 0.300. The highest BCUT2D eigenvalue weighted by Gasteiger charge is 2.07. The van der Waals surface area contributed by atoms with Crippen molar-refractivity contribution in [2.45, 2.75) is 18.2 Å². The van der Waals surface area contributed by atoms with Gasteiger partial charge in [-0.15, -0.1) is 0 Å². The van der Waals surface area contributed by atoms with Gasteiger partial charge in [-0.3, -0.25) is 14.9 Å². The Morgan fingerprint density at radius 2 is 2.06 bits per heavy atom. The number of nitro benzene ring substituents is 1. The zero-order chi connectivity index (χ0) is 12.0. The summed E-state index contributed by atoms with van der Waals surface area (Å²) in [6.45, 7) is 2.61. The highest BCUT2D eigenvalue weighted by atomic mass is 32.2. The van der Waals surface area contributed by atoms with Gasteiger partial charge in [0.15, 0.2) is 0 Å². The molecule has 5 nitrogen and oxygen atoms in total. The van der Waals surface area contributed by atoms with Crippen LogP contribution in [0.15, 0.2) is 29.2 Å². The largest absolute Gasteiger partial charge is 0.347 e. The summed E-state index contributed by atoms with van der Waals surface area (Å²) in [5.41, 5.74) is 0.0262. The van der Waals surface area contributed by atoms with Crippen LogP contribution in [0.1, 0.15) is 13.3 Å². The fourth-order valence-electron chi connectivity index (χ4n) is 1.01. The van der Waals surface area contributed by atoms with Gasteiger partial charge in [-0.2, -0.15) is 0 Å². The van der Waals surface area contributed by atoms with Crippen molar-refractivity contribution >= 4 is 22.7 Å². The third kappa shape index (κ3) is 3.90. The number of nitro groups is 1. The first-order valence-corrected chi connectivity index (χ1v) is 5.65. The molecule has 0 saturated heterocycles. The zero-order valence-corrected chi connectivity index (χ0v) is 9.62. The molecule has 1 aromatic carbocycles. The maximum absolute atomic E-state index is 11.3. The van der Waals surface area contributed by atoms with Crippen LogP contribution in [0.3, 0.4) is 0 Å². The minimum absolute atomic E-state index is 0.0262. The Labute approximate surface area is 97.4 Å². The highest BCUT2D eigenvalue weighted by molar-refractivity contribution is 8.13. The molecule has 0 atom stereocenters. The number of carbonyl (C=O) groups excluding carboxylic acids is 1. The standard InChI is InChI=1S/C10H12N2O3S/c1-2-7-11-10(13)16-9-5-3-8(4-6-9)12(14)15/h3-6H,2,7H2,1H3,(H,11,13). The van der Waals surface area contributed by atoms with Crippen LogP contribution in [0.2, 0.25) is 0 Å². The monoisotopic (exact) mass is 240 g/mol. The van der Waals surface area contributed by atoms with Crippen LogP contribution in [0.5, 0.6) is 0 Å². The zero-order valence-electron chi connectivity index (χ0n) is 8.80. The van der Waals surface area contributed by atoms with Crippen LogP contribution >= 0.6 is 11.8 Å². The summed E-state index contributed by atoms with van der Waals surface area (Å²) in [7, 11) is 0. The van der Waals surface area contributed by atoms with E-state index in [1.807, 2.05) is 6.92 Å². The van der Waals surface area contributed by atoms with Gasteiger partial charge in [0.1, 0.15) is 0 Å². The smallest absolute Gasteiger partial charge is 0.283 e. The molecule has 0 unspecified atom stereocenters. The van der Waals surface area contributed by atoms with Gasteiger partial charge >= 0.3 is 0 Å². The molecule has 0 heterocycles. The molecule has 0 aliphatic rings. The van der Waals surface area contributed by atoms with E-state index in [1.54, 1.807) is 12.1 Å². The summed E-state index contributed by atoms with van der Waals surface area (Å²) in [4.78, 5) is 21.9. The van der Waals surface area contributed by atoms with Gasteiger partial charge in [0.05, 0.1) is 4.92 Å². The maximum Gasteiger partial charge on any atom is 0.283 e. The first-order chi connectivity index (χ1) is 7.63. The first kappa shape index (κ1) is 12.5. The molecule has 16 heavy (non-hydrogen) atoms. The number of amides is 1. The van der Waals surface area contributed by atoms with E-state index in [0.29, 0.717) is 11.4 Å². The van der Waals surface area contributed by atoms with Crippen LogP contribution in [-0.4, -0.2) is 16.7 Å². The molecular weight excluding hydrogens is 228 g/mol. The van der Waals surface area contributed by atoms with Gasteiger partial charge < -0.3 is 5.32 Å². The normalized spacial score (nSPS) is 9.81. The molecule has 6 heteroatoms. The lowest BCUT2D eigenvalue weighted by molar-refractivity contribution is -0.384. The Morgan fingerprint density at radius 3 is 2.56 bits per heavy atom. The highest BCUT2D eigenvalue weighted by Crippen LogP contribution is 2.21. The van der Waals surface area contributed by atoms with Crippen molar-refractivity contribution in [3.63, 3.8) is 0 Å². The summed E-state index contributed by atoms with van der Waals surface area (Å²) >= 11 is 1.03. The summed E-state index contributed by atoms with van der Waals surface area (Å²) < 4.78 is 0. The third-order valence-electron chi connectivity index (χ3n) is 1.78. The number of rotatable bonds is 4.